The van der Waals surface area contributed by atoms with E-state index in [1.807, 2.05) is 0 Å². The van der Waals surface area contributed by atoms with Gasteiger partial charge in [-0.1, -0.05) is 34.4 Å². The number of halogens is 9. The molecule has 16 heteroatoms. The molecule has 210 valence electrons. The number of hydrogen-bond donors (Lipinski definition) is 1. The quantitative estimate of drug-likeness (QED) is 0.365. The second-order valence-corrected chi connectivity index (χ2v) is 9.54. The zero-order chi connectivity index (χ0) is 28.9. The van der Waals surface area contributed by atoms with E-state index in [2.05, 4.69) is 10.5 Å². The molecule has 1 fully saturated rings. The molecule has 39 heavy (non-hydrogen) atoms. The van der Waals surface area contributed by atoms with Gasteiger partial charge in [0, 0.05) is 17.5 Å². The predicted molar refractivity (Wildman–Crippen MR) is 123 cm³/mol. The smallest absolute Gasteiger partial charge is 0.374 e. The number of rotatable bonds is 5. The second kappa shape index (κ2) is 10.1. The number of hydrogen-bond acceptors (Lipinski definition) is 5. The molecule has 0 aliphatic carbocycles. The van der Waals surface area contributed by atoms with Crippen LogP contribution in [0.2, 0.25) is 10.0 Å². The van der Waals surface area contributed by atoms with Crippen LogP contribution >= 0.6 is 23.2 Å². The first-order valence-electron chi connectivity index (χ1n) is 10.9. The molecule has 2 aliphatic rings. The molecule has 1 unspecified atom stereocenters. The molecule has 1 N–H and O–H groups in total. The Morgan fingerprint density at radius 2 is 1.79 bits per heavy atom. The van der Waals surface area contributed by atoms with Gasteiger partial charge in [0.15, 0.2) is 5.82 Å². The Morgan fingerprint density at radius 1 is 1.15 bits per heavy atom. The lowest BCUT2D eigenvalue weighted by Crippen LogP contribution is -2.44. The van der Waals surface area contributed by atoms with E-state index in [1.54, 1.807) is 0 Å². The number of benzene rings is 2. The van der Waals surface area contributed by atoms with Crippen LogP contribution in [0.1, 0.15) is 33.5 Å². The molecule has 7 nitrogen and oxygen atoms in total. The molecule has 2 amide bonds. The Labute approximate surface area is 225 Å². The lowest BCUT2D eigenvalue weighted by molar-refractivity contribution is -0.275. The third kappa shape index (κ3) is 5.63. The zero-order valence-corrected chi connectivity index (χ0v) is 21.0. The number of nitrogens with one attached hydrogen (secondary N) is 1. The van der Waals surface area contributed by atoms with Crippen molar-refractivity contribution in [1.29, 1.82) is 0 Å². The Kier molecular flexibility index (Phi) is 7.51. The summed E-state index contributed by atoms with van der Waals surface area (Å²) in [7, 11) is 0. The first kappa shape index (κ1) is 28.9. The number of nitrogens with zero attached hydrogens (tertiary/aromatic N) is 2. The van der Waals surface area contributed by atoms with Crippen molar-refractivity contribution in [3.8, 4) is 0 Å². The normalized spacial score (nSPS) is 21.7. The number of oxime groups is 1. The minimum Gasteiger partial charge on any atom is -0.374 e. The van der Waals surface area contributed by atoms with Crippen molar-refractivity contribution in [1.82, 2.24) is 10.4 Å². The van der Waals surface area contributed by atoms with Crippen molar-refractivity contribution in [2.24, 2.45) is 5.16 Å². The van der Waals surface area contributed by atoms with E-state index in [4.69, 9.17) is 32.9 Å². The van der Waals surface area contributed by atoms with E-state index >= 15 is 0 Å². The Hall–Kier alpha value is -3.10. The molecule has 2 heterocycles. The summed E-state index contributed by atoms with van der Waals surface area (Å²) in [5.41, 5.74) is -3.32. The lowest BCUT2D eigenvalue weighted by atomic mass is 9.86. The van der Waals surface area contributed by atoms with Crippen LogP contribution in [0.5, 0.6) is 0 Å². The highest BCUT2D eigenvalue weighted by molar-refractivity contribution is 6.35. The fourth-order valence-electron chi connectivity index (χ4n) is 4.04. The summed E-state index contributed by atoms with van der Waals surface area (Å²) in [5, 5.41) is 4.69. The number of aryl methyl sites for hydroxylation is 1. The molecule has 0 aromatic heterocycles. The minimum atomic E-state index is -5.02. The number of carbonyl (C=O) groups is 2. The highest BCUT2D eigenvalue weighted by Gasteiger charge is 2.62. The molecule has 2 aromatic rings. The van der Waals surface area contributed by atoms with Crippen LogP contribution in [0.25, 0.3) is 0 Å². The monoisotopic (exact) mass is 601 g/mol. The van der Waals surface area contributed by atoms with Crippen molar-refractivity contribution in [2.75, 3.05) is 13.2 Å². The Morgan fingerprint density at radius 3 is 2.36 bits per heavy atom. The summed E-state index contributed by atoms with van der Waals surface area (Å²) in [5.74, 6) is -3.00. The molecule has 2 aromatic carbocycles. The van der Waals surface area contributed by atoms with Gasteiger partial charge in [-0.2, -0.15) is 26.3 Å². The SMILES string of the molecule is Cc1cc(C2=NOC(c3cc(Cl)c(F)c(Cl)c3)(C(F)(F)F)C2)ccc1C(=O)N[C@@H]1CON(CC(F)(F)F)C1=O. The summed E-state index contributed by atoms with van der Waals surface area (Å²) in [6, 6.07) is 4.00. The highest BCUT2D eigenvalue weighted by Crippen LogP contribution is 2.50. The zero-order valence-electron chi connectivity index (χ0n) is 19.5. The molecule has 4 rings (SSSR count). The molecule has 1 saturated heterocycles. The van der Waals surface area contributed by atoms with Crippen LogP contribution in [0.15, 0.2) is 35.5 Å². The van der Waals surface area contributed by atoms with E-state index in [0.29, 0.717) is 0 Å². The number of amides is 2. The van der Waals surface area contributed by atoms with Gasteiger partial charge >= 0.3 is 12.4 Å². The fraction of sp³-hybridized carbons (Fsp3) is 0.348. The average Bonchev–Trinajstić information content (AvgIpc) is 3.42. The number of carbonyl (C=O) groups excluding carboxylic acids is 2. The van der Waals surface area contributed by atoms with E-state index < -0.39 is 76.8 Å². The maximum Gasteiger partial charge on any atom is 0.435 e. The highest BCUT2D eigenvalue weighted by atomic mass is 35.5. The van der Waals surface area contributed by atoms with Crippen LogP contribution in [0.3, 0.4) is 0 Å². The lowest BCUT2D eigenvalue weighted by Gasteiger charge is -2.29. The Balaban J connectivity index is 1.52. The van der Waals surface area contributed by atoms with E-state index in [1.165, 1.54) is 25.1 Å². The van der Waals surface area contributed by atoms with Gasteiger partial charge in [-0.3, -0.25) is 14.4 Å². The van der Waals surface area contributed by atoms with Gasteiger partial charge in [0.25, 0.3) is 17.4 Å². The van der Waals surface area contributed by atoms with Crippen molar-refractivity contribution in [3.05, 3.63) is 68.4 Å². The van der Waals surface area contributed by atoms with E-state index in [0.717, 1.165) is 12.1 Å². The third-order valence-corrected chi connectivity index (χ3v) is 6.56. The minimum absolute atomic E-state index is 0.000445. The van der Waals surface area contributed by atoms with Crippen LogP contribution < -0.4 is 5.32 Å². The maximum absolute atomic E-state index is 14.2. The van der Waals surface area contributed by atoms with Gasteiger partial charge in [0.05, 0.1) is 15.8 Å². The van der Waals surface area contributed by atoms with Crippen molar-refractivity contribution < 1.29 is 50.0 Å². The summed E-state index contributed by atoms with van der Waals surface area (Å²) < 4.78 is 94.1. The number of hydroxylamine groups is 2. The molecule has 0 spiro atoms. The van der Waals surface area contributed by atoms with Crippen LogP contribution in [0.4, 0.5) is 30.7 Å². The molecule has 0 radical (unpaired) electrons. The molecular weight excluding hydrogens is 586 g/mol. The van der Waals surface area contributed by atoms with Crippen molar-refractivity contribution in [3.63, 3.8) is 0 Å². The van der Waals surface area contributed by atoms with Crippen LogP contribution in [-0.4, -0.2) is 54.1 Å². The molecule has 2 atom stereocenters. The average molecular weight is 602 g/mol. The van der Waals surface area contributed by atoms with Gasteiger partial charge in [-0.25, -0.2) is 9.45 Å². The van der Waals surface area contributed by atoms with Crippen molar-refractivity contribution in [2.45, 2.75) is 37.3 Å². The van der Waals surface area contributed by atoms with E-state index in [-0.39, 0.29) is 27.5 Å². The summed E-state index contributed by atoms with van der Waals surface area (Å²) in [6.07, 6.45) is -10.6. The second-order valence-electron chi connectivity index (χ2n) is 8.73. The Bertz CT molecular complexity index is 1340. The molecular formula is C23H16Cl2F7N3O4. The summed E-state index contributed by atoms with van der Waals surface area (Å²) >= 11 is 11.4. The summed E-state index contributed by atoms with van der Waals surface area (Å²) in [4.78, 5) is 34.4. The topological polar surface area (TPSA) is 80.2 Å². The molecule has 0 saturated carbocycles. The van der Waals surface area contributed by atoms with E-state index in [9.17, 15) is 40.3 Å². The molecule has 0 bridgehead atoms. The van der Waals surface area contributed by atoms with Crippen LogP contribution in [-0.2, 0) is 20.1 Å². The third-order valence-electron chi connectivity index (χ3n) is 6.01. The molecule has 2 aliphatic heterocycles. The maximum atomic E-state index is 14.2. The van der Waals surface area contributed by atoms with Crippen molar-refractivity contribution >= 4 is 40.7 Å². The predicted octanol–water partition coefficient (Wildman–Crippen LogP) is 5.46. The van der Waals surface area contributed by atoms with Gasteiger partial charge in [0.1, 0.15) is 19.2 Å². The fourth-order valence-corrected chi connectivity index (χ4v) is 4.53. The number of alkyl halides is 6. The van der Waals surface area contributed by atoms with Gasteiger partial charge in [-0.15, -0.1) is 0 Å². The van der Waals surface area contributed by atoms with Gasteiger partial charge in [-0.05, 0) is 42.3 Å². The standard InChI is InChI=1S/C23H16Cl2F7N3O4/c1-10-4-11(2-3-13(10)19(36)33-17-8-38-35(20(17)37)9-22(27,28)29)16-7-21(39-34-16,23(30,31)32)12-5-14(24)18(26)15(25)6-12/h2-6,17H,7-9H2,1H3,(H,33,36)/t17-,21?/m1/s1. The first-order valence-corrected chi connectivity index (χ1v) is 11.7. The summed E-state index contributed by atoms with van der Waals surface area (Å²) in [6.45, 7) is -0.705. The largest absolute Gasteiger partial charge is 0.435 e. The first-order chi connectivity index (χ1) is 18.0. The van der Waals surface area contributed by atoms with Gasteiger partial charge in [0.2, 0.25) is 0 Å². The van der Waals surface area contributed by atoms with Gasteiger partial charge < -0.3 is 10.2 Å². The van der Waals surface area contributed by atoms with Crippen LogP contribution in [0, 0.1) is 12.7 Å².